The maximum absolute atomic E-state index is 10.9. The third-order valence-electron chi connectivity index (χ3n) is 1.64. The van der Waals surface area contributed by atoms with E-state index in [0.29, 0.717) is 17.7 Å². The summed E-state index contributed by atoms with van der Waals surface area (Å²) in [6.07, 6.45) is 1.58. The molecule has 0 aliphatic rings. The number of aliphatic hydroxyl groups is 1. The number of hydrogen-bond acceptors (Lipinski definition) is 5. The molecule has 1 aromatic rings. The van der Waals surface area contributed by atoms with Gasteiger partial charge in [0.05, 0.1) is 24.1 Å². The first kappa shape index (κ1) is 11.0. The number of nitrogens with one attached hydrogen (secondary N) is 1. The van der Waals surface area contributed by atoms with E-state index in [1.54, 1.807) is 0 Å². The molecule has 0 saturated carbocycles. The molecule has 1 rings (SSSR count). The van der Waals surface area contributed by atoms with Crippen LogP contribution in [-0.4, -0.2) is 24.9 Å². The second-order valence-corrected chi connectivity index (χ2v) is 4.57. The van der Waals surface area contributed by atoms with Crippen LogP contribution in [0.1, 0.15) is 18.2 Å². The Morgan fingerprint density at radius 2 is 2.21 bits per heavy atom. The average Bonchev–Trinajstić information content (AvgIpc) is 2.43. The van der Waals surface area contributed by atoms with Crippen molar-refractivity contribution in [2.45, 2.75) is 20.0 Å². The maximum Gasteiger partial charge on any atom is 0.243 e. The molecule has 0 unspecified atom stereocenters. The number of anilines is 1. The van der Waals surface area contributed by atoms with Crippen molar-refractivity contribution in [3.8, 4) is 0 Å². The third kappa shape index (κ3) is 2.46. The highest BCUT2D eigenvalue weighted by molar-refractivity contribution is 7.92. The van der Waals surface area contributed by atoms with Crippen molar-refractivity contribution >= 4 is 15.9 Å². The monoisotopic (exact) mass is 220 g/mol. The van der Waals surface area contributed by atoms with Crippen molar-refractivity contribution < 1.29 is 18.0 Å². The summed E-state index contributed by atoms with van der Waals surface area (Å²) in [5.41, 5.74) is 0.941. The summed E-state index contributed by atoms with van der Waals surface area (Å²) in [4.78, 5) is 0. The van der Waals surface area contributed by atoms with Crippen molar-refractivity contribution in [1.29, 1.82) is 0 Å². The minimum atomic E-state index is -3.40. The summed E-state index contributed by atoms with van der Waals surface area (Å²) in [6, 6.07) is 0. The van der Waals surface area contributed by atoms with E-state index in [9.17, 15) is 8.42 Å². The van der Waals surface area contributed by atoms with Gasteiger partial charge in [0, 0.05) is 0 Å². The summed E-state index contributed by atoms with van der Waals surface area (Å²) in [6.45, 7) is 1.53. The van der Waals surface area contributed by atoms with Crippen molar-refractivity contribution in [3.63, 3.8) is 0 Å². The van der Waals surface area contributed by atoms with Crippen LogP contribution >= 0.6 is 0 Å². The summed E-state index contributed by atoms with van der Waals surface area (Å²) in [7, 11) is -3.40. The Kier molecular flexibility index (Phi) is 3.12. The lowest BCUT2D eigenvalue weighted by atomic mass is 10.2. The molecular formula is C7H12N2O4S. The zero-order chi connectivity index (χ0) is 10.8. The summed E-state index contributed by atoms with van der Waals surface area (Å²) >= 11 is 0. The van der Waals surface area contributed by atoms with Crippen LogP contribution in [-0.2, 0) is 23.1 Å². The van der Waals surface area contributed by atoms with Gasteiger partial charge in [-0.15, -0.1) is 0 Å². The Hall–Kier alpha value is -1.08. The molecule has 0 aliphatic heterocycles. The molecule has 2 N–H and O–H groups in total. The van der Waals surface area contributed by atoms with E-state index < -0.39 is 10.0 Å². The molecule has 1 heterocycles. The predicted octanol–water partition coefficient (Wildman–Crippen LogP) is 0.101. The topological polar surface area (TPSA) is 92.4 Å². The largest absolute Gasteiger partial charge is 0.391 e. The number of hydrogen-bond donors (Lipinski definition) is 2. The van der Waals surface area contributed by atoms with Gasteiger partial charge < -0.3 is 9.63 Å². The van der Waals surface area contributed by atoms with Gasteiger partial charge >= 0.3 is 0 Å². The normalized spacial score (nSPS) is 11.6. The van der Waals surface area contributed by atoms with Gasteiger partial charge in [-0.2, -0.15) is 0 Å². The van der Waals surface area contributed by atoms with Crippen LogP contribution in [0.4, 0.5) is 5.88 Å². The average molecular weight is 220 g/mol. The molecule has 0 aliphatic carbocycles. The van der Waals surface area contributed by atoms with Crippen LogP contribution in [0.5, 0.6) is 0 Å². The molecule has 1 aromatic heterocycles. The molecule has 0 aromatic carbocycles. The standard InChI is InChI=1S/C7H12N2O4S/c1-3-6-5(4-10)7(13-8-6)9-14(2,11)12/h9-10H,3-4H2,1-2H3. The molecule has 7 heteroatoms. The van der Waals surface area contributed by atoms with E-state index in [0.717, 1.165) is 6.26 Å². The number of aryl methyl sites for hydroxylation is 1. The molecule has 0 saturated heterocycles. The zero-order valence-electron chi connectivity index (χ0n) is 7.94. The van der Waals surface area contributed by atoms with Gasteiger partial charge in [0.15, 0.2) is 0 Å². The minimum Gasteiger partial charge on any atom is -0.391 e. The second kappa shape index (κ2) is 3.97. The lowest BCUT2D eigenvalue weighted by Crippen LogP contribution is -2.10. The Balaban J connectivity index is 3.04. The highest BCUT2D eigenvalue weighted by atomic mass is 32.2. The molecule has 0 spiro atoms. The van der Waals surface area contributed by atoms with Crippen molar-refractivity contribution in [2.24, 2.45) is 0 Å². The Morgan fingerprint density at radius 3 is 2.64 bits per heavy atom. The van der Waals surface area contributed by atoms with Gasteiger partial charge in [-0.1, -0.05) is 12.1 Å². The van der Waals surface area contributed by atoms with E-state index >= 15 is 0 Å². The summed E-state index contributed by atoms with van der Waals surface area (Å²) < 4.78 is 28.7. The van der Waals surface area contributed by atoms with Gasteiger partial charge in [0.2, 0.25) is 15.9 Å². The quantitative estimate of drug-likeness (QED) is 0.750. The van der Waals surface area contributed by atoms with E-state index in [-0.39, 0.29) is 12.5 Å². The smallest absolute Gasteiger partial charge is 0.243 e. The molecule has 14 heavy (non-hydrogen) atoms. The predicted molar refractivity (Wildman–Crippen MR) is 50.3 cm³/mol. The van der Waals surface area contributed by atoms with Crippen LogP contribution in [0.2, 0.25) is 0 Å². The van der Waals surface area contributed by atoms with Crippen LogP contribution in [0.25, 0.3) is 0 Å². The molecule has 0 atom stereocenters. The fourth-order valence-electron chi connectivity index (χ4n) is 1.03. The molecule has 80 valence electrons. The fourth-order valence-corrected chi connectivity index (χ4v) is 1.53. The number of aliphatic hydroxyl groups excluding tert-OH is 1. The Bertz CT molecular complexity index is 409. The van der Waals surface area contributed by atoms with Gasteiger partial charge in [0.1, 0.15) is 0 Å². The van der Waals surface area contributed by atoms with Crippen LogP contribution in [0, 0.1) is 0 Å². The Labute approximate surface area is 82.0 Å². The number of aromatic nitrogens is 1. The Morgan fingerprint density at radius 1 is 1.57 bits per heavy atom. The summed E-state index contributed by atoms with van der Waals surface area (Å²) in [5, 5.41) is 12.6. The van der Waals surface area contributed by atoms with E-state index in [4.69, 9.17) is 9.63 Å². The first-order valence-electron chi connectivity index (χ1n) is 4.04. The van der Waals surface area contributed by atoms with Gasteiger partial charge in [-0.3, -0.25) is 4.72 Å². The summed E-state index contributed by atoms with van der Waals surface area (Å²) in [5.74, 6) is -0.00755. The van der Waals surface area contributed by atoms with E-state index in [2.05, 4.69) is 9.88 Å². The van der Waals surface area contributed by atoms with Gasteiger partial charge in [0.25, 0.3) is 0 Å². The third-order valence-corrected chi connectivity index (χ3v) is 2.20. The van der Waals surface area contributed by atoms with Crippen LogP contribution in [0.3, 0.4) is 0 Å². The lowest BCUT2D eigenvalue weighted by Gasteiger charge is -2.00. The first-order valence-corrected chi connectivity index (χ1v) is 5.93. The van der Waals surface area contributed by atoms with Crippen LogP contribution in [0.15, 0.2) is 4.52 Å². The van der Waals surface area contributed by atoms with Crippen molar-refractivity contribution in [1.82, 2.24) is 5.16 Å². The molecule has 0 amide bonds. The number of rotatable bonds is 4. The first-order chi connectivity index (χ1) is 6.48. The molecule has 0 bridgehead atoms. The highest BCUT2D eigenvalue weighted by Gasteiger charge is 2.16. The second-order valence-electron chi connectivity index (χ2n) is 2.82. The fraction of sp³-hybridized carbons (Fsp3) is 0.571. The molecule has 0 fully saturated rings. The zero-order valence-corrected chi connectivity index (χ0v) is 8.76. The van der Waals surface area contributed by atoms with Crippen molar-refractivity contribution in [2.75, 3.05) is 11.0 Å². The minimum absolute atomic E-state index is 0.00755. The number of nitrogens with zero attached hydrogens (tertiary/aromatic N) is 1. The molecule has 6 nitrogen and oxygen atoms in total. The molecular weight excluding hydrogens is 208 g/mol. The van der Waals surface area contributed by atoms with Crippen molar-refractivity contribution in [3.05, 3.63) is 11.3 Å². The van der Waals surface area contributed by atoms with E-state index in [1.165, 1.54) is 0 Å². The van der Waals surface area contributed by atoms with Crippen LogP contribution < -0.4 is 4.72 Å². The van der Waals surface area contributed by atoms with E-state index in [1.807, 2.05) is 6.92 Å². The number of sulfonamides is 1. The highest BCUT2D eigenvalue weighted by Crippen LogP contribution is 2.20. The van der Waals surface area contributed by atoms with Gasteiger partial charge in [-0.05, 0) is 6.42 Å². The maximum atomic E-state index is 10.9. The van der Waals surface area contributed by atoms with Gasteiger partial charge in [-0.25, -0.2) is 8.42 Å². The molecule has 0 radical (unpaired) electrons. The lowest BCUT2D eigenvalue weighted by molar-refractivity contribution is 0.281. The SMILES string of the molecule is CCc1noc(NS(C)(=O)=O)c1CO.